The van der Waals surface area contributed by atoms with E-state index in [2.05, 4.69) is 21.4 Å². The van der Waals surface area contributed by atoms with Crippen molar-refractivity contribution in [1.82, 2.24) is 5.43 Å². The standard InChI is InChI=1S/C10H13BrF2N2/c1-2-3-8(15-14)9-7(12)5-4-6(11)10(9)13/h4-5,8,15H,2-3,14H2,1H3. The van der Waals surface area contributed by atoms with Gasteiger partial charge in [-0.2, -0.15) is 0 Å². The molecule has 0 aliphatic rings. The lowest BCUT2D eigenvalue weighted by Crippen LogP contribution is -2.29. The largest absolute Gasteiger partial charge is 0.271 e. The molecule has 0 amide bonds. The zero-order chi connectivity index (χ0) is 11.4. The maximum Gasteiger partial charge on any atom is 0.145 e. The second-order valence-corrected chi connectivity index (χ2v) is 4.12. The van der Waals surface area contributed by atoms with Gasteiger partial charge in [0.1, 0.15) is 11.6 Å². The SMILES string of the molecule is CCCC(NN)c1c(F)ccc(Br)c1F. The smallest absolute Gasteiger partial charge is 0.145 e. The fourth-order valence-electron chi connectivity index (χ4n) is 1.46. The lowest BCUT2D eigenvalue weighted by molar-refractivity contribution is 0.449. The van der Waals surface area contributed by atoms with Crippen LogP contribution in [-0.2, 0) is 0 Å². The van der Waals surface area contributed by atoms with Gasteiger partial charge in [0.2, 0.25) is 0 Å². The Hall–Kier alpha value is -0.520. The maximum atomic E-state index is 13.6. The van der Waals surface area contributed by atoms with Crippen LogP contribution in [0.2, 0.25) is 0 Å². The van der Waals surface area contributed by atoms with Crippen LogP contribution >= 0.6 is 15.9 Å². The van der Waals surface area contributed by atoms with E-state index in [0.717, 1.165) is 6.42 Å². The lowest BCUT2D eigenvalue weighted by atomic mass is 10.0. The van der Waals surface area contributed by atoms with Gasteiger partial charge >= 0.3 is 0 Å². The van der Waals surface area contributed by atoms with E-state index in [9.17, 15) is 8.78 Å². The summed E-state index contributed by atoms with van der Waals surface area (Å²) in [6.45, 7) is 1.93. The molecule has 1 rings (SSSR count). The van der Waals surface area contributed by atoms with Crippen molar-refractivity contribution in [3.63, 3.8) is 0 Å². The van der Waals surface area contributed by atoms with Crippen LogP contribution in [0.3, 0.4) is 0 Å². The first-order chi connectivity index (χ1) is 7.11. The highest BCUT2D eigenvalue weighted by atomic mass is 79.9. The Balaban J connectivity index is 3.15. The van der Waals surface area contributed by atoms with Crippen molar-refractivity contribution in [3.05, 3.63) is 33.8 Å². The number of halogens is 3. The van der Waals surface area contributed by atoms with E-state index < -0.39 is 17.7 Å². The minimum atomic E-state index is -0.591. The molecule has 3 N–H and O–H groups in total. The highest BCUT2D eigenvalue weighted by molar-refractivity contribution is 9.10. The zero-order valence-corrected chi connectivity index (χ0v) is 9.94. The molecule has 0 aromatic heterocycles. The summed E-state index contributed by atoms with van der Waals surface area (Å²) in [6, 6.07) is 2.07. The second-order valence-electron chi connectivity index (χ2n) is 3.26. The van der Waals surface area contributed by atoms with E-state index in [0.29, 0.717) is 6.42 Å². The molecule has 0 aliphatic heterocycles. The lowest BCUT2D eigenvalue weighted by Gasteiger charge is -2.17. The van der Waals surface area contributed by atoms with E-state index in [1.165, 1.54) is 12.1 Å². The van der Waals surface area contributed by atoms with Crippen LogP contribution < -0.4 is 11.3 Å². The quantitative estimate of drug-likeness (QED) is 0.505. The molecule has 0 spiro atoms. The number of nitrogens with one attached hydrogen (secondary N) is 1. The molecule has 0 aliphatic carbocycles. The van der Waals surface area contributed by atoms with Gasteiger partial charge in [0.25, 0.3) is 0 Å². The van der Waals surface area contributed by atoms with Crippen LogP contribution in [0.15, 0.2) is 16.6 Å². The molecule has 1 atom stereocenters. The predicted octanol–water partition coefficient (Wildman–Crippen LogP) is 3.03. The van der Waals surface area contributed by atoms with Crippen molar-refractivity contribution in [3.8, 4) is 0 Å². The Morgan fingerprint density at radius 2 is 2.13 bits per heavy atom. The number of hydrogen-bond donors (Lipinski definition) is 2. The van der Waals surface area contributed by atoms with E-state index in [1.54, 1.807) is 0 Å². The van der Waals surface area contributed by atoms with Crippen molar-refractivity contribution < 1.29 is 8.78 Å². The van der Waals surface area contributed by atoms with Crippen molar-refractivity contribution in [2.45, 2.75) is 25.8 Å². The molecule has 1 aromatic carbocycles. The Labute approximate surface area is 95.9 Å². The summed E-state index contributed by atoms with van der Waals surface area (Å²) in [6.07, 6.45) is 1.38. The van der Waals surface area contributed by atoms with E-state index >= 15 is 0 Å². The van der Waals surface area contributed by atoms with Crippen molar-refractivity contribution in [2.24, 2.45) is 5.84 Å². The van der Waals surface area contributed by atoms with Gasteiger partial charge in [-0.05, 0) is 34.5 Å². The molecule has 0 saturated heterocycles. The Bertz CT molecular complexity index is 344. The van der Waals surface area contributed by atoms with E-state index in [-0.39, 0.29) is 10.0 Å². The number of hydrogen-bond acceptors (Lipinski definition) is 2. The minimum absolute atomic E-state index is 0.00581. The highest BCUT2D eigenvalue weighted by Crippen LogP contribution is 2.28. The Morgan fingerprint density at radius 3 is 2.67 bits per heavy atom. The van der Waals surface area contributed by atoms with Crippen LogP contribution in [0.4, 0.5) is 8.78 Å². The van der Waals surface area contributed by atoms with Gasteiger partial charge in [0.15, 0.2) is 0 Å². The fraction of sp³-hybridized carbons (Fsp3) is 0.400. The van der Waals surface area contributed by atoms with Crippen molar-refractivity contribution in [1.29, 1.82) is 0 Å². The van der Waals surface area contributed by atoms with Gasteiger partial charge < -0.3 is 0 Å². The van der Waals surface area contributed by atoms with Crippen LogP contribution in [-0.4, -0.2) is 0 Å². The molecule has 5 heteroatoms. The number of hydrazine groups is 1. The third kappa shape index (κ3) is 2.74. The molecule has 0 heterocycles. The second kappa shape index (κ2) is 5.53. The molecule has 84 valence electrons. The van der Waals surface area contributed by atoms with Gasteiger partial charge in [0.05, 0.1) is 10.5 Å². The molecule has 0 fully saturated rings. The molecule has 1 aromatic rings. The maximum absolute atomic E-state index is 13.6. The highest BCUT2D eigenvalue weighted by Gasteiger charge is 2.20. The van der Waals surface area contributed by atoms with E-state index in [4.69, 9.17) is 5.84 Å². The number of rotatable bonds is 4. The molecule has 1 unspecified atom stereocenters. The van der Waals surface area contributed by atoms with Gasteiger partial charge in [-0.1, -0.05) is 13.3 Å². The zero-order valence-electron chi connectivity index (χ0n) is 8.36. The summed E-state index contributed by atoms with van der Waals surface area (Å²) in [4.78, 5) is 0. The summed E-state index contributed by atoms with van der Waals surface area (Å²) < 4.78 is 27.3. The van der Waals surface area contributed by atoms with Crippen molar-refractivity contribution >= 4 is 15.9 Å². The molecule has 15 heavy (non-hydrogen) atoms. The first-order valence-corrected chi connectivity index (χ1v) is 5.50. The topological polar surface area (TPSA) is 38.0 Å². The van der Waals surface area contributed by atoms with Crippen LogP contribution in [0.1, 0.15) is 31.4 Å². The summed E-state index contributed by atoms with van der Waals surface area (Å²) in [5, 5.41) is 0. The minimum Gasteiger partial charge on any atom is -0.271 e. The first kappa shape index (κ1) is 12.5. The summed E-state index contributed by atoms with van der Waals surface area (Å²) in [5.41, 5.74) is 2.42. The third-order valence-electron chi connectivity index (χ3n) is 2.21. The Morgan fingerprint density at radius 1 is 1.47 bits per heavy atom. The van der Waals surface area contributed by atoms with Gasteiger partial charge in [-0.15, -0.1) is 0 Å². The molecule has 0 bridgehead atoms. The van der Waals surface area contributed by atoms with Gasteiger partial charge in [0, 0.05) is 5.56 Å². The molecular weight excluding hydrogens is 266 g/mol. The third-order valence-corrected chi connectivity index (χ3v) is 2.82. The van der Waals surface area contributed by atoms with Crippen LogP contribution in [0.5, 0.6) is 0 Å². The fourth-order valence-corrected chi connectivity index (χ4v) is 1.81. The molecule has 0 radical (unpaired) electrons. The normalized spacial score (nSPS) is 12.9. The summed E-state index contributed by atoms with van der Waals surface area (Å²) >= 11 is 3.02. The monoisotopic (exact) mass is 278 g/mol. The van der Waals surface area contributed by atoms with Crippen LogP contribution in [0.25, 0.3) is 0 Å². The summed E-state index contributed by atoms with van der Waals surface area (Å²) in [5.74, 6) is 4.11. The number of nitrogens with two attached hydrogens (primary N) is 1. The van der Waals surface area contributed by atoms with Gasteiger partial charge in [-0.3, -0.25) is 11.3 Å². The summed E-state index contributed by atoms with van der Waals surface area (Å²) in [7, 11) is 0. The molecule has 2 nitrogen and oxygen atoms in total. The first-order valence-electron chi connectivity index (χ1n) is 4.71. The average molecular weight is 279 g/mol. The van der Waals surface area contributed by atoms with Gasteiger partial charge in [-0.25, -0.2) is 8.78 Å². The van der Waals surface area contributed by atoms with E-state index in [1.807, 2.05) is 6.92 Å². The molecular formula is C10H13BrF2N2. The van der Waals surface area contributed by atoms with Crippen molar-refractivity contribution in [2.75, 3.05) is 0 Å². The van der Waals surface area contributed by atoms with Crippen LogP contribution in [0, 0.1) is 11.6 Å². The predicted molar refractivity (Wildman–Crippen MR) is 59.0 cm³/mol. The number of benzene rings is 1. The Kier molecular flexibility index (Phi) is 4.63. The molecule has 0 saturated carbocycles. The average Bonchev–Trinajstić information content (AvgIpc) is 2.22.